The lowest BCUT2D eigenvalue weighted by atomic mass is 10.0. The van der Waals surface area contributed by atoms with E-state index in [2.05, 4.69) is 15.0 Å². The van der Waals surface area contributed by atoms with Gasteiger partial charge in [-0.1, -0.05) is 41.6 Å². The van der Waals surface area contributed by atoms with E-state index in [9.17, 15) is 4.79 Å². The van der Waals surface area contributed by atoms with Gasteiger partial charge in [0.25, 0.3) is 0 Å². The minimum atomic E-state index is -0.829. The largest absolute Gasteiger partial charge is 0.437 e. The molecule has 2 aromatic carbocycles. The molecule has 1 aromatic heterocycles. The summed E-state index contributed by atoms with van der Waals surface area (Å²) >= 11 is 0. The third-order valence-corrected chi connectivity index (χ3v) is 5.33. The zero-order valence-electron chi connectivity index (χ0n) is 17.0. The molecule has 1 amide bonds. The maximum absolute atomic E-state index is 11.5. The first kappa shape index (κ1) is 20.2. The van der Waals surface area contributed by atoms with Gasteiger partial charge in [0.15, 0.2) is 17.5 Å². The third-order valence-electron chi connectivity index (χ3n) is 5.33. The van der Waals surface area contributed by atoms with E-state index >= 15 is 0 Å². The molecule has 1 atom stereocenters. The number of nitrogens with two attached hydrogens (primary N) is 1. The number of morpholine rings is 1. The van der Waals surface area contributed by atoms with Gasteiger partial charge in [0.1, 0.15) is 0 Å². The Balaban J connectivity index is 1.54. The molecule has 8 nitrogen and oxygen atoms in total. The number of aromatic nitrogens is 1. The lowest BCUT2D eigenvalue weighted by molar-refractivity contribution is 0.0392. The summed E-state index contributed by atoms with van der Waals surface area (Å²) in [6.07, 6.45) is -1.44. The Labute approximate surface area is 175 Å². The number of hydrogen-bond donors (Lipinski definition) is 1. The molecule has 0 spiro atoms. The predicted molar refractivity (Wildman–Crippen MR) is 113 cm³/mol. The number of fused-ring (bicyclic) bond motifs is 1. The van der Waals surface area contributed by atoms with Gasteiger partial charge in [0.2, 0.25) is 0 Å². The van der Waals surface area contributed by atoms with E-state index in [0.29, 0.717) is 5.58 Å². The molecule has 0 aliphatic carbocycles. The summed E-state index contributed by atoms with van der Waals surface area (Å²) in [5.74, 6) is 0.789. The fraction of sp³-hybridized carbons (Fsp3) is 0.364. The van der Waals surface area contributed by atoms with Gasteiger partial charge in [0.05, 0.1) is 18.6 Å². The molecular weight excluding hydrogens is 384 g/mol. The third kappa shape index (κ3) is 4.55. The van der Waals surface area contributed by atoms with Crippen LogP contribution in [0.4, 0.5) is 10.6 Å². The van der Waals surface area contributed by atoms with Crippen LogP contribution >= 0.6 is 0 Å². The van der Waals surface area contributed by atoms with Crippen LogP contribution in [0.2, 0.25) is 0 Å². The molecule has 0 bridgehead atoms. The Morgan fingerprint density at radius 2 is 1.97 bits per heavy atom. The molecule has 2 N–H and O–H groups in total. The van der Waals surface area contributed by atoms with Crippen molar-refractivity contribution >= 4 is 22.9 Å². The smallest absolute Gasteiger partial charge is 0.405 e. The molecule has 1 fully saturated rings. The number of hydrogen-bond acceptors (Lipinski definition) is 7. The van der Waals surface area contributed by atoms with Crippen LogP contribution in [0.1, 0.15) is 17.2 Å². The van der Waals surface area contributed by atoms with E-state index in [0.717, 1.165) is 61.7 Å². The number of nitrogens with zero attached hydrogens (tertiary/aromatic N) is 3. The quantitative estimate of drug-likeness (QED) is 0.640. The van der Waals surface area contributed by atoms with Crippen LogP contribution in [0, 0.1) is 0 Å². The lowest BCUT2D eigenvalue weighted by Gasteiger charge is -2.28. The van der Waals surface area contributed by atoms with Crippen LogP contribution in [0.3, 0.4) is 0 Å². The van der Waals surface area contributed by atoms with Crippen LogP contribution in [0.5, 0.6) is 0 Å². The minimum absolute atomic E-state index is 0.610. The molecule has 2 heterocycles. The van der Waals surface area contributed by atoms with Crippen LogP contribution in [-0.4, -0.2) is 62.6 Å². The summed E-state index contributed by atoms with van der Waals surface area (Å²) in [6, 6.07) is 15.2. The summed E-state index contributed by atoms with van der Waals surface area (Å²) in [5.41, 5.74) is 7.54. The van der Waals surface area contributed by atoms with Gasteiger partial charge in [0, 0.05) is 38.8 Å². The van der Waals surface area contributed by atoms with E-state index < -0.39 is 12.2 Å². The molecule has 1 aliphatic heterocycles. The van der Waals surface area contributed by atoms with Gasteiger partial charge in [-0.15, -0.1) is 0 Å². The Kier molecular flexibility index (Phi) is 6.15. The predicted octanol–water partition coefficient (Wildman–Crippen LogP) is 2.78. The Morgan fingerprint density at radius 3 is 2.70 bits per heavy atom. The molecule has 1 unspecified atom stereocenters. The molecular formula is C22H26N4O4. The lowest BCUT2D eigenvalue weighted by Crippen LogP contribution is -2.40. The van der Waals surface area contributed by atoms with Crippen LogP contribution < -0.4 is 10.6 Å². The van der Waals surface area contributed by atoms with Crippen molar-refractivity contribution < 1.29 is 18.8 Å². The van der Waals surface area contributed by atoms with Gasteiger partial charge >= 0.3 is 6.09 Å². The fourth-order valence-corrected chi connectivity index (χ4v) is 3.67. The van der Waals surface area contributed by atoms with E-state index in [4.69, 9.17) is 19.7 Å². The average molecular weight is 410 g/mol. The van der Waals surface area contributed by atoms with Crippen LogP contribution in [0.25, 0.3) is 11.0 Å². The molecule has 1 aliphatic rings. The highest BCUT2D eigenvalue weighted by Crippen LogP contribution is 2.32. The maximum Gasteiger partial charge on any atom is 0.405 e. The maximum atomic E-state index is 11.5. The highest BCUT2D eigenvalue weighted by Gasteiger charge is 2.21. The van der Waals surface area contributed by atoms with E-state index in [-0.39, 0.29) is 0 Å². The number of benzene rings is 2. The summed E-state index contributed by atoms with van der Waals surface area (Å²) in [6.45, 7) is 5.26. The number of carbonyl (C=O) groups excluding carboxylic acids is 1. The number of carbonyl (C=O) groups is 1. The van der Waals surface area contributed by atoms with Gasteiger partial charge in [-0.3, -0.25) is 4.90 Å². The molecule has 0 saturated carbocycles. The average Bonchev–Trinajstić information content (AvgIpc) is 3.20. The second-order valence-electron chi connectivity index (χ2n) is 7.36. The molecule has 0 radical (unpaired) electrons. The molecule has 158 valence electrons. The fourth-order valence-electron chi connectivity index (χ4n) is 3.67. The first-order valence-corrected chi connectivity index (χ1v) is 10.0. The number of likely N-dealkylation sites (N-methyl/N-ethyl adjacent to an activating group) is 1. The number of rotatable bonds is 7. The molecule has 30 heavy (non-hydrogen) atoms. The number of ether oxygens (including phenoxy) is 2. The van der Waals surface area contributed by atoms with Crippen LogP contribution in [0.15, 0.2) is 53.1 Å². The Morgan fingerprint density at radius 1 is 1.20 bits per heavy atom. The minimum Gasteiger partial charge on any atom is -0.437 e. The van der Waals surface area contributed by atoms with Gasteiger partial charge in [-0.2, -0.15) is 0 Å². The SMILES string of the molecule is CN(CCN1CCOCC1)c1noc2cc(C(OC(N)=O)c3ccccc3)ccc12. The molecule has 8 heteroatoms. The van der Waals surface area contributed by atoms with Crippen molar-refractivity contribution in [3.63, 3.8) is 0 Å². The molecule has 1 saturated heterocycles. The van der Waals surface area contributed by atoms with Crippen molar-refractivity contribution in [1.29, 1.82) is 0 Å². The standard InChI is InChI=1S/C22H26N4O4/c1-25(9-10-26-11-13-28-14-12-26)21-18-8-7-17(15-19(18)30-24-21)20(29-22(23)27)16-5-3-2-4-6-16/h2-8,15,20H,9-14H2,1H3,(H2,23,27). The first-order valence-electron chi connectivity index (χ1n) is 10.0. The molecule has 3 aromatic rings. The summed E-state index contributed by atoms with van der Waals surface area (Å²) in [4.78, 5) is 15.9. The Bertz CT molecular complexity index is 985. The number of anilines is 1. The summed E-state index contributed by atoms with van der Waals surface area (Å²) in [5, 5.41) is 5.18. The number of primary amides is 1. The monoisotopic (exact) mass is 410 g/mol. The summed E-state index contributed by atoms with van der Waals surface area (Å²) in [7, 11) is 2.01. The van der Waals surface area contributed by atoms with Crippen molar-refractivity contribution in [1.82, 2.24) is 10.1 Å². The van der Waals surface area contributed by atoms with E-state index in [1.807, 2.05) is 55.6 Å². The van der Waals surface area contributed by atoms with Crippen molar-refractivity contribution in [2.45, 2.75) is 6.10 Å². The normalized spacial score (nSPS) is 15.8. The second-order valence-corrected chi connectivity index (χ2v) is 7.36. The van der Waals surface area contributed by atoms with Crippen molar-refractivity contribution in [3.8, 4) is 0 Å². The van der Waals surface area contributed by atoms with Gasteiger partial charge in [-0.05, 0) is 17.7 Å². The zero-order chi connectivity index (χ0) is 20.9. The van der Waals surface area contributed by atoms with Gasteiger partial charge < -0.3 is 24.6 Å². The first-order chi connectivity index (χ1) is 14.6. The second kappa shape index (κ2) is 9.15. The summed E-state index contributed by atoms with van der Waals surface area (Å²) < 4.78 is 16.4. The van der Waals surface area contributed by atoms with Crippen molar-refractivity contribution in [3.05, 3.63) is 59.7 Å². The zero-order valence-corrected chi connectivity index (χ0v) is 17.0. The van der Waals surface area contributed by atoms with E-state index in [1.54, 1.807) is 0 Å². The highest BCUT2D eigenvalue weighted by molar-refractivity contribution is 5.89. The van der Waals surface area contributed by atoms with Crippen molar-refractivity contribution in [2.75, 3.05) is 51.3 Å². The Hall–Kier alpha value is -3.10. The van der Waals surface area contributed by atoms with Crippen molar-refractivity contribution in [2.24, 2.45) is 5.73 Å². The topological polar surface area (TPSA) is 94.1 Å². The van der Waals surface area contributed by atoms with Crippen LogP contribution in [-0.2, 0) is 9.47 Å². The molecule has 4 rings (SSSR count). The highest BCUT2D eigenvalue weighted by atomic mass is 16.6. The van der Waals surface area contributed by atoms with E-state index in [1.165, 1.54) is 0 Å². The number of amides is 1. The van der Waals surface area contributed by atoms with Gasteiger partial charge in [-0.25, -0.2) is 4.79 Å².